The third-order valence-electron chi connectivity index (χ3n) is 6.93. The zero-order chi connectivity index (χ0) is 29.7. The van der Waals surface area contributed by atoms with Crippen molar-refractivity contribution in [3.8, 4) is 11.6 Å². The van der Waals surface area contributed by atoms with Gasteiger partial charge in [0.2, 0.25) is 5.91 Å². The monoisotopic (exact) mass is 598 g/mol. The summed E-state index contributed by atoms with van der Waals surface area (Å²) in [6.07, 6.45) is -4.25. The zero-order valence-electron chi connectivity index (χ0n) is 22.5. The molecular weight excluding hydrogens is 572 g/mol. The molecular formula is C26H27ClF4N6O4. The van der Waals surface area contributed by atoms with Gasteiger partial charge in [-0.3, -0.25) is 9.48 Å². The second kappa shape index (κ2) is 10.3. The lowest BCUT2D eigenvalue weighted by atomic mass is 9.95. The van der Waals surface area contributed by atoms with E-state index in [1.54, 1.807) is 26.8 Å². The molecule has 0 bridgehead atoms. The van der Waals surface area contributed by atoms with Gasteiger partial charge in [0, 0.05) is 32.2 Å². The van der Waals surface area contributed by atoms with Crippen molar-refractivity contribution in [3.05, 3.63) is 52.2 Å². The number of hydrogen-bond acceptors (Lipinski definition) is 7. The van der Waals surface area contributed by atoms with Crippen molar-refractivity contribution in [1.82, 2.24) is 29.7 Å². The first-order valence-electron chi connectivity index (χ1n) is 12.9. The molecule has 2 fully saturated rings. The minimum atomic E-state index is -4.82. The fourth-order valence-corrected chi connectivity index (χ4v) is 5.00. The maximum atomic E-state index is 14.1. The van der Waals surface area contributed by atoms with E-state index < -0.39 is 47.2 Å². The van der Waals surface area contributed by atoms with Gasteiger partial charge < -0.3 is 19.1 Å². The number of nitrogens with zero attached hydrogens (tertiary/aromatic N) is 6. The van der Waals surface area contributed by atoms with Crippen molar-refractivity contribution >= 4 is 23.6 Å². The Morgan fingerprint density at radius 1 is 1.10 bits per heavy atom. The summed E-state index contributed by atoms with van der Waals surface area (Å²) >= 11 is 6.16. The summed E-state index contributed by atoms with van der Waals surface area (Å²) in [6.45, 7) is 5.14. The van der Waals surface area contributed by atoms with Crippen LogP contribution in [0.5, 0.6) is 0 Å². The van der Waals surface area contributed by atoms with Crippen molar-refractivity contribution in [2.24, 2.45) is 0 Å². The minimum absolute atomic E-state index is 0.0783. The number of hydrogen-bond donors (Lipinski definition) is 0. The van der Waals surface area contributed by atoms with Crippen LogP contribution in [-0.4, -0.2) is 73.5 Å². The molecule has 1 aliphatic heterocycles. The Bertz CT molecular complexity index is 1470. The lowest BCUT2D eigenvalue weighted by Crippen LogP contribution is -2.52. The molecule has 0 spiro atoms. The summed E-state index contributed by atoms with van der Waals surface area (Å²) in [5, 5.41) is 7.83. The molecule has 0 radical (unpaired) electrons. The van der Waals surface area contributed by atoms with Crippen LogP contribution in [0, 0.1) is 5.82 Å². The van der Waals surface area contributed by atoms with E-state index in [2.05, 4.69) is 15.2 Å². The minimum Gasteiger partial charge on any atom is -0.444 e. The number of benzene rings is 1. The Labute approximate surface area is 237 Å². The molecule has 5 rings (SSSR count). The van der Waals surface area contributed by atoms with Crippen molar-refractivity contribution in [3.63, 3.8) is 0 Å². The molecule has 3 aromatic rings. The number of amides is 2. The topological polar surface area (TPSA) is 107 Å². The number of halogens is 5. The van der Waals surface area contributed by atoms with E-state index in [1.807, 2.05) is 0 Å². The molecule has 0 atom stereocenters. The molecule has 1 saturated carbocycles. The summed E-state index contributed by atoms with van der Waals surface area (Å²) in [5.41, 5.74) is -2.46. The van der Waals surface area contributed by atoms with Crippen molar-refractivity contribution in [1.29, 1.82) is 0 Å². The maximum Gasteiger partial charge on any atom is 0.433 e. The molecule has 2 aliphatic rings. The third-order valence-corrected chi connectivity index (χ3v) is 7.31. The number of piperazine rings is 1. The SMILES string of the molecule is CC(C)(C)OC(=O)N1CCN(C(=O)Cn2nc(-c3nc(C4(c5cccc(F)c5Cl)CC4)no3)cc2C(F)(F)F)CC1. The second-order valence-corrected chi connectivity index (χ2v) is 11.4. The predicted molar refractivity (Wildman–Crippen MR) is 136 cm³/mol. The van der Waals surface area contributed by atoms with Crippen LogP contribution in [0.15, 0.2) is 28.8 Å². The number of carbonyl (C=O) groups excluding carboxylic acids is 2. The Balaban J connectivity index is 1.32. The van der Waals surface area contributed by atoms with Gasteiger partial charge in [0.25, 0.3) is 5.89 Å². The predicted octanol–water partition coefficient (Wildman–Crippen LogP) is 4.90. The standard InChI is InChI=1S/C26H27ClF4N6O4/c1-24(2,3)40-23(39)36-11-9-35(10-12-36)19(38)14-37-18(26(29,30)31)13-17(33-37)21-32-22(34-41-21)25(7-8-25)15-5-4-6-16(28)20(15)27/h4-6,13H,7-12,14H2,1-3H3. The molecule has 3 heterocycles. The first kappa shape index (κ1) is 28.8. The molecule has 15 heteroatoms. The molecule has 2 aromatic heterocycles. The molecule has 1 aromatic carbocycles. The summed E-state index contributed by atoms with van der Waals surface area (Å²) in [5.74, 6) is -1.33. The number of alkyl halides is 3. The molecule has 1 aliphatic carbocycles. The van der Waals surface area contributed by atoms with Crippen LogP contribution in [0.3, 0.4) is 0 Å². The van der Waals surface area contributed by atoms with Crippen LogP contribution in [0.1, 0.15) is 50.7 Å². The maximum absolute atomic E-state index is 14.1. The van der Waals surface area contributed by atoms with E-state index in [9.17, 15) is 27.2 Å². The van der Waals surface area contributed by atoms with Gasteiger partial charge in [-0.25, -0.2) is 9.18 Å². The van der Waals surface area contributed by atoms with Gasteiger partial charge >= 0.3 is 12.3 Å². The van der Waals surface area contributed by atoms with Gasteiger partial charge in [0.15, 0.2) is 11.5 Å². The molecule has 220 valence electrons. The molecule has 0 unspecified atom stereocenters. The van der Waals surface area contributed by atoms with E-state index in [0.29, 0.717) is 23.1 Å². The van der Waals surface area contributed by atoms with E-state index in [1.165, 1.54) is 21.9 Å². The highest BCUT2D eigenvalue weighted by atomic mass is 35.5. The first-order valence-corrected chi connectivity index (χ1v) is 13.3. The smallest absolute Gasteiger partial charge is 0.433 e. The number of aromatic nitrogens is 4. The van der Waals surface area contributed by atoms with Crippen LogP contribution < -0.4 is 0 Å². The average molecular weight is 599 g/mol. The Kier molecular flexibility index (Phi) is 7.24. The zero-order valence-corrected chi connectivity index (χ0v) is 23.2. The Hall–Kier alpha value is -3.68. The number of rotatable bonds is 5. The lowest BCUT2D eigenvalue weighted by Gasteiger charge is -2.35. The van der Waals surface area contributed by atoms with Gasteiger partial charge in [-0.15, -0.1) is 0 Å². The van der Waals surface area contributed by atoms with Crippen molar-refractivity contribution in [2.45, 2.75) is 57.3 Å². The third kappa shape index (κ3) is 5.88. The molecule has 1 saturated heterocycles. The summed E-state index contributed by atoms with van der Waals surface area (Å²) < 4.78 is 66.9. The highest BCUT2D eigenvalue weighted by molar-refractivity contribution is 6.31. The fourth-order valence-electron chi connectivity index (χ4n) is 4.70. The van der Waals surface area contributed by atoms with Gasteiger partial charge in [-0.05, 0) is 45.2 Å². The average Bonchev–Trinajstić information content (AvgIpc) is 3.32. The molecule has 0 N–H and O–H groups in total. The number of carbonyl (C=O) groups is 2. The summed E-state index contributed by atoms with van der Waals surface area (Å²) in [4.78, 5) is 32.3. The quantitative estimate of drug-likeness (QED) is 0.384. The summed E-state index contributed by atoms with van der Waals surface area (Å²) in [6, 6.07) is 5.10. The fraction of sp³-hybridized carbons (Fsp3) is 0.500. The van der Waals surface area contributed by atoms with Crippen LogP contribution in [0.25, 0.3) is 11.6 Å². The van der Waals surface area contributed by atoms with Gasteiger partial charge in [-0.1, -0.05) is 28.9 Å². The van der Waals surface area contributed by atoms with Crippen LogP contribution in [-0.2, 0) is 27.7 Å². The molecule has 2 amide bonds. The Morgan fingerprint density at radius 2 is 1.76 bits per heavy atom. The van der Waals surface area contributed by atoms with Gasteiger partial charge in [0.05, 0.1) is 10.4 Å². The Morgan fingerprint density at radius 3 is 2.37 bits per heavy atom. The highest BCUT2D eigenvalue weighted by Crippen LogP contribution is 2.54. The van der Waals surface area contributed by atoms with Crippen molar-refractivity contribution in [2.75, 3.05) is 26.2 Å². The normalized spacial score (nSPS) is 17.1. The van der Waals surface area contributed by atoms with Crippen LogP contribution in [0.4, 0.5) is 22.4 Å². The van der Waals surface area contributed by atoms with Crippen LogP contribution in [0.2, 0.25) is 5.02 Å². The van der Waals surface area contributed by atoms with E-state index in [4.69, 9.17) is 20.9 Å². The van der Waals surface area contributed by atoms with Crippen LogP contribution >= 0.6 is 11.6 Å². The van der Waals surface area contributed by atoms with E-state index in [0.717, 1.165) is 6.07 Å². The molecule has 41 heavy (non-hydrogen) atoms. The first-order chi connectivity index (χ1) is 19.2. The number of ether oxygens (including phenoxy) is 1. The van der Waals surface area contributed by atoms with Crippen molar-refractivity contribution < 1.29 is 36.4 Å². The van der Waals surface area contributed by atoms with E-state index >= 15 is 0 Å². The second-order valence-electron chi connectivity index (χ2n) is 11.0. The van der Waals surface area contributed by atoms with Gasteiger partial charge in [-0.2, -0.15) is 23.3 Å². The van der Waals surface area contributed by atoms with Gasteiger partial charge in [0.1, 0.15) is 23.7 Å². The lowest BCUT2D eigenvalue weighted by molar-refractivity contribution is -0.146. The van der Waals surface area contributed by atoms with E-state index in [-0.39, 0.29) is 48.6 Å². The highest BCUT2D eigenvalue weighted by Gasteiger charge is 2.51. The molecule has 10 nitrogen and oxygen atoms in total. The largest absolute Gasteiger partial charge is 0.444 e. The summed E-state index contributed by atoms with van der Waals surface area (Å²) in [7, 11) is 0.